The number of anilines is 1. The fourth-order valence-electron chi connectivity index (χ4n) is 3.43. The molecule has 0 saturated carbocycles. The normalized spacial score (nSPS) is 17.8. The average Bonchev–Trinajstić information content (AvgIpc) is 2.66. The van der Waals surface area contributed by atoms with Gasteiger partial charge in [0, 0.05) is 25.4 Å². The fraction of sp³-hybridized carbons (Fsp3) is 0.611. The summed E-state index contributed by atoms with van der Waals surface area (Å²) in [6.45, 7) is 4.38. The van der Waals surface area contributed by atoms with Gasteiger partial charge in [-0.05, 0) is 12.5 Å². The van der Waals surface area contributed by atoms with E-state index in [-0.39, 0.29) is 0 Å². The lowest BCUT2D eigenvalue weighted by molar-refractivity contribution is -0.146. The summed E-state index contributed by atoms with van der Waals surface area (Å²) in [6.07, 6.45) is 2.27. The Balaban J connectivity index is 2.33. The molecule has 26 heavy (non-hydrogen) atoms. The summed E-state index contributed by atoms with van der Waals surface area (Å²) in [5, 5.41) is 0. The van der Waals surface area contributed by atoms with Crippen LogP contribution in [0.2, 0.25) is 0 Å². The number of aromatic nitrogens is 1. The number of hydrogen-bond acceptors (Lipinski definition) is 6. The highest BCUT2D eigenvalue weighted by molar-refractivity contribution is 5.83. The summed E-state index contributed by atoms with van der Waals surface area (Å²) >= 11 is 0. The Bertz CT molecular complexity index is 650. The molecule has 2 rings (SSSR count). The average molecular weight is 365 g/mol. The number of carbonyl (C=O) groups is 2. The Morgan fingerprint density at radius 3 is 2.62 bits per heavy atom. The van der Waals surface area contributed by atoms with Crippen LogP contribution in [0.15, 0.2) is 18.3 Å². The van der Waals surface area contributed by atoms with Crippen LogP contribution in [-0.2, 0) is 14.3 Å². The van der Waals surface area contributed by atoms with Gasteiger partial charge in [0.25, 0.3) is 0 Å². The molecule has 0 spiro atoms. The second-order valence-electron chi connectivity index (χ2n) is 6.90. The van der Waals surface area contributed by atoms with Gasteiger partial charge in [0.05, 0.1) is 41.4 Å². The number of nitrogens with zero attached hydrogens (tertiary/aromatic N) is 4. The maximum absolute atomic E-state index is 12.2. The maximum Gasteiger partial charge on any atom is 0.410 e. The Kier molecular flexibility index (Phi) is 6.42. The number of methoxy groups -OCH3 is 2. The summed E-state index contributed by atoms with van der Waals surface area (Å²) in [6, 6.07) is 3.27. The minimum atomic E-state index is -0.724. The van der Waals surface area contributed by atoms with Crippen molar-refractivity contribution in [2.45, 2.75) is 19.4 Å². The van der Waals surface area contributed by atoms with Crippen LogP contribution in [0.5, 0.6) is 0 Å². The zero-order valence-electron chi connectivity index (χ0n) is 16.3. The smallest absolute Gasteiger partial charge is 0.410 e. The monoisotopic (exact) mass is 365 g/mol. The molecule has 0 N–H and O–H groups in total. The van der Waals surface area contributed by atoms with Gasteiger partial charge < -0.3 is 14.4 Å². The SMILES string of the molecule is CCC[N+](C)(C)c1cccnc1N1CCN(C(=O)OC)C(C(=O)OC)C1. The maximum atomic E-state index is 12.2. The number of carbonyl (C=O) groups excluding carboxylic acids is 2. The van der Waals surface area contributed by atoms with Crippen molar-refractivity contribution in [1.82, 2.24) is 14.4 Å². The van der Waals surface area contributed by atoms with Crippen molar-refractivity contribution in [1.29, 1.82) is 0 Å². The Hall–Kier alpha value is -2.35. The molecule has 1 unspecified atom stereocenters. The van der Waals surface area contributed by atoms with Crippen molar-refractivity contribution in [3.8, 4) is 0 Å². The Labute approximate surface area is 154 Å². The quantitative estimate of drug-likeness (QED) is 0.582. The van der Waals surface area contributed by atoms with Crippen molar-refractivity contribution in [2.75, 3.05) is 59.4 Å². The summed E-state index contributed by atoms with van der Waals surface area (Å²) in [5.74, 6) is 0.379. The molecule has 8 nitrogen and oxygen atoms in total. The molecule has 1 saturated heterocycles. The van der Waals surface area contributed by atoms with Crippen LogP contribution in [0.25, 0.3) is 0 Å². The van der Waals surface area contributed by atoms with Crippen LogP contribution in [0.1, 0.15) is 13.3 Å². The number of quaternary nitrogens is 1. The predicted molar refractivity (Wildman–Crippen MR) is 100 cm³/mol. The van der Waals surface area contributed by atoms with Crippen molar-refractivity contribution in [2.24, 2.45) is 0 Å². The second-order valence-corrected chi connectivity index (χ2v) is 6.90. The number of hydrogen-bond donors (Lipinski definition) is 0. The third kappa shape index (κ3) is 4.07. The number of amides is 1. The van der Waals surface area contributed by atoms with E-state index in [1.807, 2.05) is 11.0 Å². The van der Waals surface area contributed by atoms with E-state index in [9.17, 15) is 9.59 Å². The summed E-state index contributed by atoms with van der Waals surface area (Å²) < 4.78 is 10.4. The van der Waals surface area contributed by atoms with E-state index < -0.39 is 18.1 Å². The number of rotatable bonds is 5. The molecule has 8 heteroatoms. The lowest BCUT2D eigenvalue weighted by Crippen LogP contribution is -2.59. The summed E-state index contributed by atoms with van der Waals surface area (Å²) in [5.41, 5.74) is 1.09. The molecule has 2 heterocycles. The summed E-state index contributed by atoms with van der Waals surface area (Å²) in [7, 11) is 6.92. The van der Waals surface area contributed by atoms with Crippen LogP contribution in [0.4, 0.5) is 16.3 Å². The molecule has 1 aliphatic rings. The molecule has 1 aromatic rings. The Morgan fingerprint density at radius 1 is 1.27 bits per heavy atom. The van der Waals surface area contributed by atoms with Crippen LogP contribution < -0.4 is 9.38 Å². The first-order valence-corrected chi connectivity index (χ1v) is 8.81. The van der Waals surface area contributed by atoms with Gasteiger partial charge in [-0.2, -0.15) is 0 Å². The van der Waals surface area contributed by atoms with Gasteiger partial charge in [0.1, 0.15) is 0 Å². The lowest BCUT2D eigenvalue weighted by atomic mass is 10.1. The largest absolute Gasteiger partial charge is 0.467 e. The van der Waals surface area contributed by atoms with Crippen molar-refractivity contribution in [3.63, 3.8) is 0 Å². The van der Waals surface area contributed by atoms with E-state index in [2.05, 4.69) is 32.1 Å². The van der Waals surface area contributed by atoms with E-state index in [1.165, 1.54) is 19.1 Å². The molecule has 144 valence electrons. The van der Waals surface area contributed by atoms with E-state index in [1.54, 1.807) is 6.20 Å². The molecular formula is C18H29N4O4+. The minimum Gasteiger partial charge on any atom is -0.467 e. The van der Waals surface area contributed by atoms with E-state index in [4.69, 9.17) is 9.47 Å². The van der Waals surface area contributed by atoms with E-state index in [0.717, 1.165) is 24.5 Å². The van der Waals surface area contributed by atoms with Crippen LogP contribution in [-0.4, -0.2) is 82.5 Å². The van der Waals surface area contributed by atoms with Gasteiger partial charge in [-0.3, -0.25) is 9.38 Å². The molecule has 1 aliphatic heterocycles. The second kappa shape index (κ2) is 8.35. The Morgan fingerprint density at radius 2 is 2.00 bits per heavy atom. The highest BCUT2D eigenvalue weighted by Gasteiger charge is 2.39. The van der Waals surface area contributed by atoms with Crippen LogP contribution >= 0.6 is 0 Å². The van der Waals surface area contributed by atoms with Gasteiger partial charge in [-0.1, -0.05) is 6.92 Å². The van der Waals surface area contributed by atoms with Gasteiger partial charge >= 0.3 is 12.1 Å². The highest BCUT2D eigenvalue weighted by atomic mass is 16.5. The third-order valence-corrected chi connectivity index (χ3v) is 4.76. The molecular weight excluding hydrogens is 336 g/mol. The lowest BCUT2D eigenvalue weighted by Gasteiger charge is -2.41. The topological polar surface area (TPSA) is 72.0 Å². The molecule has 1 aromatic heterocycles. The minimum absolute atomic E-state index is 0.317. The number of pyridine rings is 1. The van der Waals surface area contributed by atoms with E-state index in [0.29, 0.717) is 24.1 Å². The number of piperazine rings is 1. The van der Waals surface area contributed by atoms with E-state index >= 15 is 0 Å². The standard InChI is InChI=1S/C18H29N4O4/c1-6-12-22(2,3)15-8-7-9-19-16(15)20-10-11-21(18(24)26-5)14(13-20)17(23)25-4/h7-9,14H,6,10-13H2,1-5H3/q+1. The number of esters is 1. The molecule has 1 fully saturated rings. The van der Waals surface area contributed by atoms with Gasteiger partial charge in [-0.15, -0.1) is 0 Å². The molecule has 0 aliphatic carbocycles. The molecule has 1 amide bonds. The van der Waals surface area contributed by atoms with Gasteiger partial charge in [-0.25, -0.2) is 14.6 Å². The van der Waals surface area contributed by atoms with Crippen molar-refractivity contribution < 1.29 is 19.1 Å². The third-order valence-electron chi connectivity index (χ3n) is 4.76. The van der Waals surface area contributed by atoms with Crippen molar-refractivity contribution in [3.05, 3.63) is 18.3 Å². The summed E-state index contributed by atoms with van der Waals surface area (Å²) in [4.78, 5) is 32.3. The van der Waals surface area contributed by atoms with Crippen LogP contribution in [0, 0.1) is 0 Å². The first-order valence-electron chi connectivity index (χ1n) is 8.81. The van der Waals surface area contributed by atoms with Gasteiger partial charge in [0.2, 0.25) is 0 Å². The highest BCUT2D eigenvalue weighted by Crippen LogP contribution is 2.31. The molecule has 0 radical (unpaired) electrons. The first-order chi connectivity index (χ1) is 12.4. The number of ether oxygens (including phenoxy) is 2. The fourth-order valence-corrected chi connectivity index (χ4v) is 3.43. The predicted octanol–water partition coefficient (Wildman–Crippen LogP) is 1.49. The molecule has 0 aromatic carbocycles. The first kappa shape index (κ1) is 20.0. The molecule has 0 bridgehead atoms. The zero-order valence-corrected chi connectivity index (χ0v) is 16.3. The van der Waals surface area contributed by atoms with Crippen molar-refractivity contribution >= 4 is 23.6 Å². The molecule has 1 atom stereocenters. The van der Waals surface area contributed by atoms with Crippen LogP contribution in [0.3, 0.4) is 0 Å². The van der Waals surface area contributed by atoms with Gasteiger partial charge in [0.15, 0.2) is 17.5 Å². The zero-order chi connectivity index (χ0) is 19.3.